The van der Waals surface area contributed by atoms with Crippen LogP contribution in [0.15, 0.2) is 11.6 Å². The summed E-state index contributed by atoms with van der Waals surface area (Å²) in [6, 6.07) is 0. The van der Waals surface area contributed by atoms with E-state index in [0.717, 1.165) is 57.7 Å². The minimum absolute atomic E-state index is 0.0675. The van der Waals surface area contributed by atoms with Gasteiger partial charge in [-0.25, -0.2) is 0 Å². The largest absolute Gasteiger partial charge is 0.461 e. The number of carbonyl (C=O) groups is 2. The molecule has 3 fully saturated rings. The van der Waals surface area contributed by atoms with Gasteiger partial charge >= 0.3 is 5.97 Å². The summed E-state index contributed by atoms with van der Waals surface area (Å²) in [6.07, 6.45) is 11.9. The number of unbranched alkanes of at least 4 members (excludes halogenated alkanes) is 2. The molecule has 0 radical (unpaired) electrons. The Morgan fingerprint density at radius 1 is 1.28 bits per heavy atom. The van der Waals surface area contributed by atoms with Crippen LogP contribution < -0.4 is 0 Å². The number of hydrogen-bond acceptors (Lipinski definition) is 5. The van der Waals surface area contributed by atoms with Crippen LogP contribution in [0.5, 0.6) is 0 Å². The van der Waals surface area contributed by atoms with Crippen molar-refractivity contribution < 1.29 is 24.2 Å². The molecule has 5 nitrogen and oxygen atoms in total. The fourth-order valence-corrected chi connectivity index (χ4v) is 8.25. The standard InChI is InChI=1S/C26H39BrO5/c1-3-23(30)32-25-18-7-8-20-24(19(18)15-21(25)27)22(29)14-16-13-17(9-10-26(16,20)2)31-12-6-4-5-11-28/h11,14,17-22,24-25,29H,3-10,12-13,15H2,1-2H3/t17-,18-,19?,20?,21+,22?,24?,25+,26-/m0/s1. The Hall–Kier alpha value is -0.720. The second-order valence-electron chi connectivity index (χ2n) is 10.6. The maximum Gasteiger partial charge on any atom is 0.305 e. The van der Waals surface area contributed by atoms with Crippen LogP contribution in [0.1, 0.15) is 78.1 Å². The van der Waals surface area contributed by atoms with E-state index in [1.807, 2.05) is 6.92 Å². The van der Waals surface area contributed by atoms with Crippen molar-refractivity contribution in [1.82, 2.24) is 0 Å². The summed E-state index contributed by atoms with van der Waals surface area (Å²) in [7, 11) is 0. The smallest absolute Gasteiger partial charge is 0.305 e. The molecule has 180 valence electrons. The van der Waals surface area contributed by atoms with Crippen LogP contribution in [0.25, 0.3) is 0 Å². The molecule has 0 heterocycles. The third-order valence-corrected chi connectivity index (χ3v) is 9.87. The van der Waals surface area contributed by atoms with E-state index >= 15 is 0 Å². The van der Waals surface area contributed by atoms with Gasteiger partial charge in [0.15, 0.2) is 0 Å². The zero-order valence-electron chi connectivity index (χ0n) is 19.5. The highest BCUT2D eigenvalue weighted by Gasteiger charge is 2.59. The van der Waals surface area contributed by atoms with Gasteiger partial charge in [-0.3, -0.25) is 4.79 Å². The van der Waals surface area contributed by atoms with E-state index in [2.05, 4.69) is 28.9 Å². The summed E-state index contributed by atoms with van der Waals surface area (Å²) >= 11 is 3.81. The molecule has 9 atom stereocenters. The fraction of sp³-hybridized carbons (Fsp3) is 0.846. The van der Waals surface area contributed by atoms with Gasteiger partial charge in [0.1, 0.15) is 12.4 Å². The van der Waals surface area contributed by atoms with Crippen LogP contribution in [0.3, 0.4) is 0 Å². The molecule has 0 saturated heterocycles. The Morgan fingerprint density at radius 2 is 2.09 bits per heavy atom. The number of aliphatic hydroxyl groups is 1. The molecular weight excluding hydrogens is 472 g/mol. The van der Waals surface area contributed by atoms with Gasteiger partial charge in [0.05, 0.1) is 17.0 Å². The molecule has 0 amide bonds. The van der Waals surface area contributed by atoms with Crippen molar-refractivity contribution in [3.63, 3.8) is 0 Å². The Labute approximate surface area is 200 Å². The molecular formula is C26H39BrO5. The lowest BCUT2D eigenvalue weighted by molar-refractivity contribution is -0.152. The molecule has 0 aromatic carbocycles. The van der Waals surface area contributed by atoms with E-state index in [-0.39, 0.29) is 34.3 Å². The van der Waals surface area contributed by atoms with E-state index < -0.39 is 6.10 Å². The highest BCUT2D eigenvalue weighted by atomic mass is 79.9. The van der Waals surface area contributed by atoms with Crippen LogP contribution in [-0.2, 0) is 19.1 Å². The van der Waals surface area contributed by atoms with Crippen LogP contribution in [-0.4, -0.2) is 47.1 Å². The number of aldehydes is 1. The molecule has 0 aliphatic heterocycles. The van der Waals surface area contributed by atoms with Crippen molar-refractivity contribution >= 4 is 28.2 Å². The van der Waals surface area contributed by atoms with Gasteiger partial charge in [-0.1, -0.05) is 41.4 Å². The highest BCUT2D eigenvalue weighted by Crippen LogP contribution is 2.62. The normalized spacial score (nSPS) is 42.9. The maximum atomic E-state index is 12.0. The van der Waals surface area contributed by atoms with Gasteiger partial charge in [-0.2, -0.15) is 0 Å². The number of aliphatic hydroxyl groups excluding tert-OH is 1. The topological polar surface area (TPSA) is 72.8 Å². The molecule has 4 aliphatic rings. The average molecular weight is 511 g/mol. The SMILES string of the molecule is CCC(=O)O[C@H]1[C@H](Br)CC2C3C(O)C=C4C[C@@H](OCCCCC=O)CC[C@]4(C)C3CC[C@@H]21. The first-order chi connectivity index (χ1) is 15.4. The molecule has 0 bridgehead atoms. The quantitative estimate of drug-likeness (QED) is 0.164. The Kier molecular flexibility index (Phi) is 7.83. The zero-order chi connectivity index (χ0) is 22.9. The molecule has 4 unspecified atom stereocenters. The highest BCUT2D eigenvalue weighted by molar-refractivity contribution is 9.09. The van der Waals surface area contributed by atoms with Crippen molar-refractivity contribution in [3.05, 3.63) is 11.6 Å². The van der Waals surface area contributed by atoms with Crippen LogP contribution >= 0.6 is 15.9 Å². The number of fused-ring (bicyclic) bond motifs is 5. The van der Waals surface area contributed by atoms with Crippen molar-refractivity contribution in [2.75, 3.05) is 6.61 Å². The molecule has 6 heteroatoms. The molecule has 32 heavy (non-hydrogen) atoms. The van der Waals surface area contributed by atoms with Gasteiger partial charge in [-0.05, 0) is 74.5 Å². The lowest BCUT2D eigenvalue weighted by Crippen LogP contribution is -2.52. The zero-order valence-corrected chi connectivity index (χ0v) is 21.1. The van der Waals surface area contributed by atoms with Crippen molar-refractivity contribution in [1.29, 1.82) is 0 Å². The van der Waals surface area contributed by atoms with Crippen molar-refractivity contribution in [2.45, 2.75) is 101 Å². The predicted molar refractivity (Wildman–Crippen MR) is 126 cm³/mol. The van der Waals surface area contributed by atoms with Crippen molar-refractivity contribution in [2.24, 2.45) is 29.1 Å². The molecule has 4 rings (SSSR count). The van der Waals surface area contributed by atoms with Gasteiger partial charge < -0.3 is 19.4 Å². The van der Waals surface area contributed by atoms with E-state index in [1.54, 1.807) is 0 Å². The molecule has 0 aromatic heterocycles. The number of carbonyl (C=O) groups excluding carboxylic acids is 2. The summed E-state index contributed by atoms with van der Waals surface area (Å²) in [5.41, 5.74) is 1.52. The molecule has 1 N–H and O–H groups in total. The second-order valence-corrected chi connectivity index (χ2v) is 11.8. The summed E-state index contributed by atoms with van der Waals surface area (Å²) in [4.78, 5) is 22.7. The lowest BCUT2D eigenvalue weighted by Gasteiger charge is -2.56. The summed E-state index contributed by atoms with van der Waals surface area (Å²) in [5.74, 6) is 1.34. The molecule has 0 spiro atoms. The van der Waals surface area contributed by atoms with Gasteiger partial charge in [0.25, 0.3) is 0 Å². The first kappa shape index (κ1) is 24.4. The van der Waals surface area contributed by atoms with Gasteiger partial charge in [0.2, 0.25) is 0 Å². The van der Waals surface area contributed by atoms with E-state index in [9.17, 15) is 14.7 Å². The lowest BCUT2D eigenvalue weighted by atomic mass is 9.50. The predicted octanol–water partition coefficient (Wildman–Crippen LogP) is 4.98. The Balaban J connectivity index is 1.45. The van der Waals surface area contributed by atoms with E-state index in [4.69, 9.17) is 9.47 Å². The summed E-state index contributed by atoms with van der Waals surface area (Å²) in [5, 5.41) is 11.3. The summed E-state index contributed by atoms with van der Waals surface area (Å²) < 4.78 is 12.0. The van der Waals surface area contributed by atoms with Crippen LogP contribution in [0.2, 0.25) is 0 Å². The fourth-order valence-electron chi connectivity index (χ4n) is 7.32. The van der Waals surface area contributed by atoms with Crippen LogP contribution in [0, 0.1) is 29.1 Å². The second kappa shape index (κ2) is 10.3. The minimum atomic E-state index is -0.428. The first-order valence-electron chi connectivity index (χ1n) is 12.7. The number of halogens is 1. The number of rotatable bonds is 8. The van der Waals surface area contributed by atoms with E-state index in [0.29, 0.717) is 37.2 Å². The van der Waals surface area contributed by atoms with Crippen molar-refractivity contribution in [3.8, 4) is 0 Å². The third kappa shape index (κ3) is 4.61. The number of hydrogen-bond donors (Lipinski definition) is 1. The molecule has 3 saturated carbocycles. The average Bonchev–Trinajstić information content (AvgIpc) is 3.09. The van der Waals surface area contributed by atoms with Crippen LogP contribution in [0.4, 0.5) is 0 Å². The number of esters is 1. The monoisotopic (exact) mass is 510 g/mol. The van der Waals surface area contributed by atoms with Gasteiger partial charge in [-0.15, -0.1) is 0 Å². The number of ether oxygens (including phenoxy) is 2. The first-order valence-corrected chi connectivity index (χ1v) is 13.6. The molecule has 0 aromatic rings. The Morgan fingerprint density at radius 3 is 2.84 bits per heavy atom. The summed E-state index contributed by atoms with van der Waals surface area (Å²) in [6.45, 7) is 4.97. The third-order valence-electron chi connectivity index (χ3n) is 8.97. The van der Waals surface area contributed by atoms with Gasteiger partial charge in [0, 0.05) is 25.4 Å². The van der Waals surface area contributed by atoms with E-state index in [1.165, 1.54) is 5.57 Å². The molecule has 4 aliphatic carbocycles. The Bertz CT molecular complexity index is 723. The maximum absolute atomic E-state index is 12.0. The number of alkyl halides is 1. The minimum Gasteiger partial charge on any atom is -0.461 e.